The predicted molar refractivity (Wildman–Crippen MR) is 82.6 cm³/mol. The van der Waals surface area contributed by atoms with Gasteiger partial charge in [-0.2, -0.15) is 0 Å². The van der Waals surface area contributed by atoms with Crippen molar-refractivity contribution in [2.24, 2.45) is 0 Å². The average molecular weight is 247 g/mol. The van der Waals surface area contributed by atoms with Gasteiger partial charge in [0.25, 0.3) is 0 Å². The first-order chi connectivity index (χ1) is 8.69. The van der Waals surface area contributed by atoms with Crippen LogP contribution < -0.4 is 9.80 Å². The highest BCUT2D eigenvalue weighted by atomic mass is 15.1. The summed E-state index contributed by atoms with van der Waals surface area (Å²) in [7, 11) is 0. The number of benzene rings is 1. The van der Waals surface area contributed by atoms with Gasteiger partial charge in [0.05, 0.1) is 0 Å². The number of anilines is 2. The highest BCUT2D eigenvalue weighted by molar-refractivity contribution is 5.61. The van der Waals surface area contributed by atoms with E-state index in [-0.39, 0.29) is 0 Å². The third-order valence-corrected chi connectivity index (χ3v) is 3.51. The SMILES string of the molecule is [CH2]Cc1cc(N(CC)CC)cc(N(CC)CC)c1. The Balaban J connectivity index is 3.15. The van der Waals surface area contributed by atoms with Crippen molar-refractivity contribution in [1.29, 1.82) is 0 Å². The lowest BCUT2D eigenvalue weighted by Crippen LogP contribution is -2.25. The molecule has 0 aliphatic carbocycles. The maximum absolute atomic E-state index is 4.02. The quantitative estimate of drug-likeness (QED) is 0.724. The van der Waals surface area contributed by atoms with Crippen LogP contribution in [-0.4, -0.2) is 26.2 Å². The number of rotatable bonds is 7. The Labute approximate surface area is 113 Å². The molecule has 1 aromatic carbocycles. The van der Waals surface area contributed by atoms with Gasteiger partial charge < -0.3 is 9.80 Å². The Morgan fingerprint density at radius 1 is 0.778 bits per heavy atom. The van der Waals surface area contributed by atoms with Gasteiger partial charge in [-0.25, -0.2) is 0 Å². The van der Waals surface area contributed by atoms with Gasteiger partial charge in [-0.15, -0.1) is 0 Å². The van der Waals surface area contributed by atoms with Gasteiger partial charge in [-0.3, -0.25) is 0 Å². The van der Waals surface area contributed by atoms with Crippen molar-refractivity contribution in [2.45, 2.75) is 34.1 Å². The molecule has 0 amide bonds. The number of nitrogens with zero attached hydrogens (tertiary/aromatic N) is 2. The summed E-state index contributed by atoms with van der Waals surface area (Å²) >= 11 is 0. The van der Waals surface area contributed by atoms with Crippen molar-refractivity contribution in [2.75, 3.05) is 36.0 Å². The third kappa shape index (κ3) is 3.41. The van der Waals surface area contributed by atoms with Gasteiger partial charge in [0, 0.05) is 37.6 Å². The molecule has 0 saturated carbocycles. The Kier molecular flexibility index (Phi) is 6.03. The van der Waals surface area contributed by atoms with Crippen LogP contribution >= 0.6 is 0 Å². The van der Waals surface area contributed by atoms with Gasteiger partial charge in [0.15, 0.2) is 0 Å². The normalized spacial score (nSPS) is 10.5. The molecule has 2 nitrogen and oxygen atoms in total. The zero-order valence-electron chi connectivity index (χ0n) is 12.4. The molecule has 0 unspecified atom stereocenters. The summed E-state index contributed by atoms with van der Waals surface area (Å²) in [5.41, 5.74) is 3.97. The van der Waals surface area contributed by atoms with E-state index < -0.39 is 0 Å². The Morgan fingerprint density at radius 2 is 1.17 bits per heavy atom. The molecule has 0 saturated heterocycles. The van der Waals surface area contributed by atoms with E-state index in [0.717, 1.165) is 32.6 Å². The molecule has 1 radical (unpaired) electrons. The molecule has 0 bridgehead atoms. The van der Waals surface area contributed by atoms with Crippen LogP contribution in [0.5, 0.6) is 0 Å². The second-order valence-corrected chi connectivity index (χ2v) is 4.45. The molecule has 0 N–H and O–H groups in total. The Morgan fingerprint density at radius 3 is 1.44 bits per heavy atom. The molecule has 1 aromatic rings. The van der Waals surface area contributed by atoms with Gasteiger partial charge in [0.2, 0.25) is 0 Å². The van der Waals surface area contributed by atoms with E-state index >= 15 is 0 Å². The number of hydrogen-bond donors (Lipinski definition) is 0. The lowest BCUT2D eigenvalue weighted by Gasteiger charge is -2.27. The predicted octanol–water partition coefficient (Wildman–Crippen LogP) is 3.76. The summed E-state index contributed by atoms with van der Waals surface area (Å²) in [5, 5.41) is 0. The summed E-state index contributed by atoms with van der Waals surface area (Å²) in [4.78, 5) is 4.79. The Bertz CT molecular complexity index is 322. The molecule has 0 heterocycles. The summed E-state index contributed by atoms with van der Waals surface area (Å²) in [6.45, 7) is 17.0. The van der Waals surface area contributed by atoms with Crippen LogP contribution in [0.3, 0.4) is 0 Å². The lowest BCUT2D eigenvalue weighted by molar-refractivity contribution is 0.849. The van der Waals surface area contributed by atoms with Crippen molar-refractivity contribution in [3.05, 3.63) is 30.7 Å². The molecule has 0 aromatic heterocycles. The van der Waals surface area contributed by atoms with Crippen molar-refractivity contribution >= 4 is 11.4 Å². The topological polar surface area (TPSA) is 6.48 Å². The molecule has 0 atom stereocenters. The number of hydrogen-bond acceptors (Lipinski definition) is 2. The van der Waals surface area contributed by atoms with Gasteiger partial charge in [0.1, 0.15) is 0 Å². The van der Waals surface area contributed by atoms with Gasteiger partial charge in [-0.05, 0) is 64.8 Å². The second-order valence-electron chi connectivity index (χ2n) is 4.45. The summed E-state index contributed by atoms with van der Waals surface area (Å²) < 4.78 is 0. The third-order valence-electron chi connectivity index (χ3n) is 3.51. The largest absolute Gasteiger partial charge is 0.372 e. The first-order valence-corrected chi connectivity index (χ1v) is 7.13. The van der Waals surface area contributed by atoms with Crippen LogP contribution in [0.15, 0.2) is 18.2 Å². The first-order valence-electron chi connectivity index (χ1n) is 7.13. The summed E-state index contributed by atoms with van der Waals surface area (Å²) in [5.74, 6) is 0. The zero-order valence-corrected chi connectivity index (χ0v) is 12.4. The van der Waals surface area contributed by atoms with Crippen molar-refractivity contribution in [3.63, 3.8) is 0 Å². The van der Waals surface area contributed by atoms with E-state index in [2.05, 4.69) is 62.6 Å². The molecule has 0 aliphatic heterocycles. The molecule has 0 spiro atoms. The molecule has 0 fully saturated rings. The molecule has 18 heavy (non-hydrogen) atoms. The van der Waals surface area contributed by atoms with Crippen LogP contribution in [0.4, 0.5) is 11.4 Å². The van der Waals surface area contributed by atoms with E-state index in [1.54, 1.807) is 0 Å². The fourth-order valence-electron chi connectivity index (χ4n) is 2.34. The van der Waals surface area contributed by atoms with Crippen molar-refractivity contribution in [3.8, 4) is 0 Å². The van der Waals surface area contributed by atoms with Crippen molar-refractivity contribution in [1.82, 2.24) is 0 Å². The van der Waals surface area contributed by atoms with E-state index in [1.807, 2.05) is 0 Å². The van der Waals surface area contributed by atoms with E-state index in [1.165, 1.54) is 16.9 Å². The first kappa shape index (κ1) is 14.9. The van der Waals surface area contributed by atoms with E-state index in [4.69, 9.17) is 0 Å². The molecule has 0 aliphatic rings. The van der Waals surface area contributed by atoms with Crippen molar-refractivity contribution < 1.29 is 0 Å². The summed E-state index contributed by atoms with van der Waals surface area (Å²) in [6.07, 6.45) is 0.851. The highest BCUT2D eigenvalue weighted by Gasteiger charge is 2.08. The van der Waals surface area contributed by atoms with Gasteiger partial charge >= 0.3 is 0 Å². The molecule has 1 rings (SSSR count). The van der Waals surface area contributed by atoms with Crippen LogP contribution in [0.25, 0.3) is 0 Å². The summed E-state index contributed by atoms with van der Waals surface area (Å²) in [6, 6.07) is 6.85. The van der Waals surface area contributed by atoms with Crippen LogP contribution in [0.1, 0.15) is 33.3 Å². The lowest BCUT2D eigenvalue weighted by atomic mass is 10.1. The molecule has 101 valence electrons. The van der Waals surface area contributed by atoms with Crippen LogP contribution in [0, 0.1) is 6.92 Å². The monoisotopic (exact) mass is 247 g/mol. The fraction of sp³-hybridized carbons (Fsp3) is 0.562. The highest BCUT2D eigenvalue weighted by Crippen LogP contribution is 2.25. The smallest absolute Gasteiger partial charge is 0.0389 e. The Hall–Kier alpha value is -1.18. The molecule has 2 heteroatoms. The minimum Gasteiger partial charge on any atom is -0.372 e. The average Bonchev–Trinajstić information content (AvgIpc) is 2.41. The van der Waals surface area contributed by atoms with E-state index in [0.29, 0.717) is 0 Å². The molecular weight excluding hydrogens is 220 g/mol. The van der Waals surface area contributed by atoms with E-state index in [9.17, 15) is 0 Å². The maximum atomic E-state index is 4.02. The minimum atomic E-state index is 0.851. The fourth-order valence-corrected chi connectivity index (χ4v) is 2.34. The second kappa shape index (κ2) is 7.30. The standard InChI is InChI=1S/C16H27N2/c1-6-14-11-15(17(7-2)8-3)13-16(12-14)18(9-4)10-5/h11-13H,1,6-10H2,2-5H3. The maximum Gasteiger partial charge on any atom is 0.0389 e. The van der Waals surface area contributed by atoms with Crippen LogP contribution in [-0.2, 0) is 6.42 Å². The minimum absolute atomic E-state index is 0.851. The van der Waals surface area contributed by atoms with Crippen LogP contribution in [0.2, 0.25) is 0 Å². The molecular formula is C16H27N2. The van der Waals surface area contributed by atoms with Gasteiger partial charge in [-0.1, -0.05) is 0 Å². The zero-order chi connectivity index (χ0) is 13.5.